The van der Waals surface area contributed by atoms with Crippen LogP contribution in [-0.4, -0.2) is 22.0 Å². The van der Waals surface area contributed by atoms with Crippen LogP contribution in [0.1, 0.15) is 38.1 Å². The van der Waals surface area contributed by atoms with Crippen LogP contribution in [0.15, 0.2) is 10.7 Å². The average Bonchev–Trinajstić information content (AvgIpc) is 2.57. The molecule has 1 aliphatic carbocycles. The first-order valence-electron chi connectivity index (χ1n) is 5.83. The maximum atomic E-state index is 5.91. The van der Waals surface area contributed by atoms with Crippen LogP contribution in [0.5, 0.6) is 0 Å². The highest BCUT2D eigenvalue weighted by molar-refractivity contribution is 9.10. The molecule has 1 unspecified atom stereocenters. The van der Waals surface area contributed by atoms with E-state index >= 15 is 0 Å². The van der Waals surface area contributed by atoms with E-state index in [0.717, 1.165) is 23.9 Å². The van der Waals surface area contributed by atoms with E-state index < -0.39 is 0 Å². The SMILES string of the molecule is Nc1nn(C2CCOC3(CCC3)C2)cc1Br. The van der Waals surface area contributed by atoms with Gasteiger partial charge in [-0.15, -0.1) is 0 Å². The van der Waals surface area contributed by atoms with Crippen LogP contribution >= 0.6 is 15.9 Å². The van der Waals surface area contributed by atoms with Gasteiger partial charge in [0.15, 0.2) is 5.82 Å². The Hall–Kier alpha value is -0.550. The van der Waals surface area contributed by atoms with Crippen LogP contribution < -0.4 is 5.73 Å². The van der Waals surface area contributed by atoms with Gasteiger partial charge in [0, 0.05) is 12.8 Å². The molecule has 1 saturated carbocycles. The predicted octanol–water partition coefficient (Wildman–Crippen LogP) is 2.50. The van der Waals surface area contributed by atoms with Crippen LogP contribution in [0.2, 0.25) is 0 Å². The quantitative estimate of drug-likeness (QED) is 0.863. The lowest BCUT2D eigenvalue weighted by molar-refractivity contribution is -0.141. The number of hydrogen-bond acceptors (Lipinski definition) is 3. The number of aromatic nitrogens is 2. The highest BCUT2D eigenvalue weighted by atomic mass is 79.9. The van der Waals surface area contributed by atoms with E-state index in [0.29, 0.717) is 11.9 Å². The van der Waals surface area contributed by atoms with Crippen LogP contribution in [0.25, 0.3) is 0 Å². The molecule has 1 aliphatic heterocycles. The van der Waals surface area contributed by atoms with Crippen molar-refractivity contribution in [2.75, 3.05) is 12.3 Å². The summed E-state index contributed by atoms with van der Waals surface area (Å²) in [5.74, 6) is 0.578. The third-order valence-corrected chi connectivity index (χ3v) is 4.43. The monoisotopic (exact) mass is 285 g/mol. The molecule has 1 saturated heterocycles. The summed E-state index contributed by atoms with van der Waals surface area (Å²) in [6.45, 7) is 0.849. The standard InChI is InChI=1S/C11H16BrN3O/c12-9-7-15(14-10(9)13)8-2-5-16-11(6-8)3-1-4-11/h7-8H,1-6H2,(H2,13,14). The molecule has 2 fully saturated rings. The van der Waals surface area contributed by atoms with Crippen molar-refractivity contribution in [1.82, 2.24) is 9.78 Å². The Morgan fingerprint density at radius 1 is 1.56 bits per heavy atom. The maximum absolute atomic E-state index is 5.91. The van der Waals surface area contributed by atoms with Crippen LogP contribution in [0.3, 0.4) is 0 Å². The number of halogens is 1. The van der Waals surface area contributed by atoms with Crippen molar-refractivity contribution < 1.29 is 4.74 Å². The van der Waals surface area contributed by atoms with Crippen molar-refractivity contribution in [3.63, 3.8) is 0 Å². The summed E-state index contributed by atoms with van der Waals surface area (Å²) < 4.78 is 8.80. The molecule has 16 heavy (non-hydrogen) atoms. The molecule has 4 nitrogen and oxygen atoms in total. The molecular weight excluding hydrogens is 270 g/mol. The Bertz CT molecular complexity index is 380. The van der Waals surface area contributed by atoms with Gasteiger partial charge in [-0.2, -0.15) is 5.10 Å². The van der Waals surface area contributed by atoms with Gasteiger partial charge >= 0.3 is 0 Å². The summed E-state index contributed by atoms with van der Waals surface area (Å²) in [5, 5.41) is 4.35. The van der Waals surface area contributed by atoms with E-state index in [2.05, 4.69) is 21.0 Å². The number of nitrogen functional groups attached to an aromatic ring is 1. The Morgan fingerprint density at radius 2 is 2.38 bits per heavy atom. The van der Waals surface area contributed by atoms with E-state index in [1.54, 1.807) is 0 Å². The molecule has 1 spiro atoms. The molecule has 2 heterocycles. The second kappa shape index (κ2) is 3.74. The number of nitrogens with zero attached hydrogens (tertiary/aromatic N) is 2. The van der Waals surface area contributed by atoms with E-state index in [4.69, 9.17) is 10.5 Å². The first-order valence-corrected chi connectivity index (χ1v) is 6.62. The van der Waals surface area contributed by atoms with Gasteiger partial charge in [0.1, 0.15) is 0 Å². The summed E-state index contributed by atoms with van der Waals surface area (Å²) in [4.78, 5) is 0. The fraction of sp³-hybridized carbons (Fsp3) is 0.727. The molecule has 1 atom stereocenters. The normalized spacial score (nSPS) is 27.9. The highest BCUT2D eigenvalue weighted by Crippen LogP contribution is 2.45. The molecule has 0 amide bonds. The zero-order valence-electron chi connectivity index (χ0n) is 9.16. The smallest absolute Gasteiger partial charge is 0.159 e. The molecule has 0 aromatic carbocycles. The Labute approximate surface area is 103 Å². The largest absolute Gasteiger partial charge is 0.381 e. The molecule has 88 valence electrons. The molecule has 0 bridgehead atoms. The molecule has 0 radical (unpaired) electrons. The van der Waals surface area contributed by atoms with Gasteiger partial charge in [-0.3, -0.25) is 4.68 Å². The van der Waals surface area contributed by atoms with Gasteiger partial charge in [-0.1, -0.05) is 0 Å². The van der Waals surface area contributed by atoms with Crippen molar-refractivity contribution in [1.29, 1.82) is 0 Å². The summed E-state index contributed by atoms with van der Waals surface area (Å²) in [6.07, 6.45) is 7.83. The lowest BCUT2D eigenvalue weighted by atomic mass is 9.74. The zero-order valence-corrected chi connectivity index (χ0v) is 10.7. The van der Waals surface area contributed by atoms with E-state index in [1.807, 2.05) is 10.9 Å². The van der Waals surface area contributed by atoms with Gasteiger partial charge in [-0.05, 0) is 48.0 Å². The summed E-state index contributed by atoms with van der Waals surface area (Å²) in [7, 11) is 0. The number of rotatable bonds is 1. The maximum Gasteiger partial charge on any atom is 0.159 e. The number of ether oxygens (including phenoxy) is 1. The Kier molecular flexibility index (Phi) is 2.47. The molecule has 2 N–H and O–H groups in total. The minimum Gasteiger partial charge on any atom is -0.381 e. The van der Waals surface area contributed by atoms with Gasteiger partial charge in [0.2, 0.25) is 0 Å². The molecule has 2 aliphatic rings. The van der Waals surface area contributed by atoms with Crippen molar-refractivity contribution >= 4 is 21.7 Å². The third-order valence-electron chi connectivity index (χ3n) is 3.82. The van der Waals surface area contributed by atoms with Crippen LogP contribution in [0.4, 0.5) is 5.82 Å². The van der Waals surface area contributed by atoms with Crippen LogP contribution in [0, 0.1) is 0 Å². The average molecular weight is 286 g/mol. The number of nitrogens with two attached hydrogens (primary N) is 1. The molecular formula is C11H16BrN3O. The van der Waals surface area contributed by atoms with Crippen molar-refractivity contribution in [2.24, 2.45) is 0 Å². The second-order valence-electron chi connectivity index (χ2n) is 4.87. The summed E-state index contributed by atoms with van der Waals surface area (Å²) in [6, 6.07) is 0.447. The van der Waals surface area contributed by atoms with E-state index in [-0.39, 0.29) is 5.60 Å². The first-order chi connectivity index (χ1) is 7.69. The van der Waals surface area contributed by atoms with Gasteiger partial charge in [-0.25, -0.2) is 0 Å². The predicted molar refractivity (Wildman–Crippen MR) is 65.1 cm³/mol. The number of hydrogen-bond donors (Lipinski definition) is 1. The molecule has 1 aromatic rings. The minimum absolute atomic E-state index is 0.163. The van der Waals surface area contributed by atoms with E-state index in [1.165, 1.54) is 19.3 Å². The lowest BCUT2D eigenvalue weighted by Crippen LogP contribution is -2.46. The zero-order chi connectivity index (χ0) is 11.2. The summed E-state index contributed by atoms with van der Waals surface area (Å²) >= 11 is 3.40. The van der Waals surface area contributed by atoms with Gasteiger partial charge in [0.25, 0.3) is 0 Å². The van der Waals surface area contributed by atoms with Gasteiger partial charge < -0.3 is 10.5 Å². The van der Waals surface area contributed by atoms with Crippen molar-refractivity contribution in [3.05, 3.63) is 10.7 Å². The topological polar surface area (TPSA) is 53.1 Å². The minimum atomic E-state index is 0.163. The van der Waals surface area contributed by atoms with Crippen LogP contribution in [-0.2, 0) is 4.74 Å². The third kappa shape index (κ3) is 1.66. The number of anilines is 1. The molecule has 5 heteroatoms. The fourth-order valence-corrected chi connectivity index (χ4v) is 3.01. The first kappa shape index (κ1) is 10.6. The molecule has 3 rings (SSSR count). The summed E-state index contributed by atoms with van der Waals surface area (Å²) in [5.41, 5.74) is 5.91. The fourth-order valence-electron chi connectivity index (χ4n) is 2.72. The van der Waals surface area contributed by atoms with Crippen molar-refractivity contribution in [3.8, 4) is 0 Å². The van der Waals surface area contributed by atoms with E-state index in [9.17, 15) is 0 Å². The Balaban J connectivity index is 1.79. The van der Waals surface area contributed by atoms with Crippen molar-refractivity contribution in [2.45, 2.75) is 43.7 Å². The molecule has 1 aromatic heterocycles. The highest BCUT2D eigenvalue weighted by Gasteiger charge is 2.43. The van der Waals surface area contributed by atoms with Gasteiger partial charge in [0.05, 0.1) is 16.1 Å². The Morgan fingerprint density at radius 3 is 2.94 bits per heavy atom. The second-order valence-corrected chi connectivity index (χ2v) is 5.73. The lowest BCUT2D eigenvalue weighted by Gasteiger charge is -2.47.